The van der Waals surface area contributed by atoms with Gasteiger partial charge < -0.3 is 40.1 Å². The van der Waals surface area contributed by atoms with Crippen molar-refractivity contribution in [2.75, 3.05) is 42.7 Å². The van der Waals surface area contributed by atoms with Crippen molar-refractivity contribution in [1.82, 2.24) is 15.0 Å². The number of rotatable bonds is 7. The summed E-state index contributed by atoms with van der Waals surface area (Å²) in [5.41, 5.74) is 2.12. The van der Waals surface area contributed by atoms with Crippen molar-refractivity contribution in [3.8, 4) is 5.75 Å². The molecule has 1 aromatic heterocycles. The zero-order valence-corrected chi connectivity index (χ0v) is 23.8. The van der Waals surface area contributed by atoms with Gasteiger partial charge in [-0.2, -0.15) is 0 Å². The second-order valence-corrected chi connectivity index (χ2v) is 10.3. The topological polar surface area (TPSA) is 149 Å². The van der Waals surface area contributed by atoms with Crippen LogP contribution in [0.5, 0.6) is 5.75 Å². The van der Waals surface area contributed by atoms with Crippen LogP contribution in [0.2, 0.25) is 0 Å². The SMILES string of the molecule is Cc1noc(C)c1NC(=O)Nc1cccc2c1O[C@H](CN(C)C(=O)Nc1ccccc1)[C@@H](C)CN([C@H](C)CO)C2=O. The van der Waals surface area contributed by atoms with E-state index in [0.717, 1.165) is 0 Å². The molecule has 0 bridgehead atoms. The maximum Gasteiger partial charge on any atom is 0.323 e. The molecule has 12 heteroatoms. The second-order valence-electron chi connectivity index (χ2n) is 10.3. The molecule has 4 rings (SSSR count). The first kappa shape index (κ1) is 29.4. The molecule has 0 radical (unpaired) electrons. The molecule has 0 aliphatic carbocycles. The van der Waals surface area contributed by atoms with Gasteiger partial charge in [0.05, 0.1) is 30.4 Å². The van der Waals surface area contributed by atoms with Gasteiger partial charge in [-0.1, -0.05) is 36.3 Å². The number of likely N-dealkylation sites (N-methyl/N-ethyl adjacent to an activating group) is 1. The minimum atomic E-state index is -0.574. The predicted octanol–water partition coefficient (Wildman–Crippen LogP) is 4.32. The Labute approximate surface area is 238 Å². The third-order valence-corrected chi connectivity index (χ3v) is 7.04. The van der Waals surface area contributed by atoms with E-state index in [1.165, 1.54) is 4.90 Å². The number of para-hydroxylation sites is 2. The number of benzene rings is 2. The van der Waals surface area contributed by atoms with E-state index in [-0.39, 0.29) is 48.0 Å². The standard InChI is InChI=1S/C29H36N6O6/c1-17-14-35(18(2)16-36)27(37)22-12-9-13-23(31-28(38)32-25-19(3)33-41-20(25)4)26(22)40-24(17)15-34(5)29(39)30-21-10-7-6-8-11-21/h6-13,17-18,24,36H,14-16H2,1-5H3,(H,30,39)(H2,31,32,38)/t17-,18+,24+/m0/s1. The first-order valence-corrected chi connectivity index (χ1v) is 13.4. The maximum absolute atomic E-state index is 13.7. The number of carbonyl (C=O) groups is 3. The maximum atomic E-state index is 13.7. The summed E-state index contributed by atoms with van der Waals surface area (Å²) in [6, 6.07) is 12.6. The number of fused-ring (bicyclic) bond motifs is 1. The Morgan fingerprint density at radius 1 is 1.12 bits per heavy atom. The predicted molar refractivity (Wildman–Crippen MR) is 154 cm³/mol. The first-order chi connectivity index (χ1) is 19.6. The highest BCUT2D eigenvalue weighted by Gasteiger charge is 2.35. The summed E-state index contributed by atoms with van der Waals surface area (Å²) in [6.07, 6.45) is -0.560. The van der Waals surface area contributed by atoms with Crippen molar-refractivity contribution in [2.45, 2.75) is 39.8 Å². The number of aliphatic hydroxyl groups excluding tert-OH is 1. The fourth-order valence-corrected chi connectivity index (χ4v) is 4.58. The van der Waals surface area contributed by atoms with Gasteiger partial charge in [0.2, 0.25) is 0 Å². The Hall–Kier alpha value is -4.58. The van der Waals surface area contributed by atoms with Gasteiger partial charge in [-0.25, -0.2) is 9.59 Å². The van der Waals surface area contributed by atoms with Crippen LogP contribution in [-0.2, 0) is 0 Å². The van der Waals surface area contributed by atoms with E-state index in [2.05, 4.69) is 21.1 Å². The third-order valence-electron chi connectivity index (χ3n) is 7.04. The quantitative estimate of drug-likeness (QED) is 0.334. The Balaban J connectivity index is 1.63. The van der Waals surface area contributed by atoms with E-state index in [0.29, 0.717) is 29.4 Å². The number of hydrogen-bond donors (Lipinski definition) is 4. The number of nitrogens with one attached hydrogen (secondary N) is 3. The molecule has 5 amide bonds. The van der Waals surface area contributed by atoms with Crippen LogP contribution in [0.25, 0.3) is 0 Å². The summed E-state index contributed by atoms with van der Waals surface area (Å²) in [6.45, 7) is 7.33. The molecule has 1 aliphatic rings. The molecule has 2 aromatic carbocycles. The fourth-order valence-electron chi connectivity index (χ4n) is 4.58. The summed E-state index contributed by atoms with van der Waals surface area (Å²) in [7, 11) is 1.66. The molecule has 12 nitrogen and oxygen atoms in total. The average Bonchev–Trinajstić information content (AvgIpc) is 3.27. The monoisotopic (exact) mass is 564 g/mol. The molecule has 0 fully saturated rings. The molecule has 3 atom stereocenters. The van der Waals surface area contributed by atoms with Crippen LogP contribution in [0.15, 0.2) is 53.1 Å². The lowest BCUT2D eigenvalue weighted by Gasteiger charge is -2.38. The number of amides is 5. The zero-order chi connectivity index (χ0) is 29.7. The van der Waals surface area contributed by atoms with Gasteiger partial charge in [0.15, 0.2) is 11.5 Å². The van der Waals surface area contributed by atoms with E-state index < -0.39 is 18.2 Å². The van der Waals surface area contributed by atoms with Gasteiger partial charge in [0.25, 0.3) is 5.91 Å². The van der Waals surface area contributed by atoms with Crippen LogP contribution >= 0.6 is 0 Å². The Bertz CT molecular complexity index is 1370. The highest BCUT2D eigenvalue weighted by Crippen LogP contribution is 2.35. The normalized spacial score (nSPS) is 17.4. The fraction of sp³-hybridized carbons (Fsp3) is 0.379. The largest absolute Gasteiger partial charge is 0.485 e. The average molecular weight is 565 g/mol. The Morgan fingerprint density at radius 2 is 1.85 bits per heavy atom. The van der Waals surface area contributed by atoms with Gasteiger partial charge >= 0.3 is 12.1 Å². The molecule has 0 saturated carbocycles. The van der Waals surface area contributed by atoms with E-state index in [4.69, 9.17) is 9.26 Å². The van der Waals surface area contributed by atoms with Gasteiger partial charge in [0.1, 0.15) is 17.5 Å². The molecular formula is C29H36N6O6. The Morgan fingerprint density at radius 3 is 2.51 bits per heavy atom. The van der Waals surface area contributed by atoms with Crippen molar-refractivity contribution in [1.29, 1.82) is 0 Å². The molecule has 1 aliphatic heterocycles. The third kappa shape index (κ3) is 6.77. The number of carbonyl (C=O) groups excluding carboxylic acids is 3. The van der Waals surface area contributed by atoms with Gasteiger partial charge in [-0.15, -0.1) is 0 Å². The number of nitrogens with zero attached hydrogens (tertiary/aromatic N) is 3. The van der Waals surface area contributed by atoms with Gasteiger partial charge in [0, 0.05) is 25.2 Å². The van der Waals surface area contributed by atoms with Gasteiger partial charge in [-0.05, 0) is 45.0 Å². The molecule has 0 saturated heterocycles. The van der Waals surface area contributed by atoms with Crippen molar-refractivity contribution >= 4 is 35.0 Å². The lowest BCUT2D eigenvalue weighted by molar-refractivity contribution is 0.0373. The number of ether oxygens (including phenoxy) is 1. The van der Waals surface area contributed by atoms with E-state index in [9.17, 15) is 19.5 Å². The summed E-state index contributed by atoms with van der Waals surface area (Å²) in [4.78, 5) is 42.7. The number of aliphatic hydroxyl groups is 1. The van der Waals surface area contributed by atoms with Crippen LogP contribution in [0.4, 0.5) is 26.7 Å². The van der Waals surface area contributed by atoms with Crippen LogP contribution in [0.1, 0.15) is 35.7 Å². The van der Waals surface area contributed by atoms with Crippen LogP contribution in [0.3, 0.4) is 0 Å². The molecule has 41 heavy (non-hydrogen) atoms. The van der Waals surface area contributed by atoms with E-state index >= 15 is 0 Å². The summed E-state index contributed by atoms with van der Waals surface area (Å²) >= 11 is 0. The number of aryl methyl sites for hydroxylation is 2. The number of hydrogen-bond acceptors (Lipinski definition) is 7. The smallest absolute Gasteiger partial charge is 0.323 e. The second kappa shape index (κ2) is 12.7. The van der Waals surface area contributed by atoms with Crippen LogP contribution in [0, 0.1) is 19.8 Å². The first-order valence-electron chi connectivity index (χ1n) is 13.4. The zero-order valence-electron chi connectivity index (χ0n) is 23.8. The molecule has 0 spiro atoms. The van der Waals surface area contributed by atoms with Crippen molar-refractivity contribution in [3.05, 3.63) is 65.5 Å². The lowest BCUT2D eigenvalue weighted by Crippen LogP contribution is -2.50. The lowest BCUT2D eigenvalue weighted by atomic mass is 9.99. The molecule has 4 N–H and O–H groups in total. The van der Waals surface area contributed by atoms with E-state index in [1.54, 1.807) is 63.1 Å². The van der Waals surface area contributed by atoms with Crippen LogP contribution < -0.4 is 20.7 Å². The summed E-state index contributed by atoms with van der Waals surface area (Å²) in [5.74, 6) is 0.0517. The van der Waals surface area contributed by atoms with Crippen molar-refractivity contribution < 1.29 is 28.8 Å². The highest BCUT2D eigenvalue weighted by molar-refractivity contribution is 6.04. The Kier molecular flexibility index (Phi) is 9.13. The van der Waals surface area contributed by atoms with E-state index in [1.807, 2.05) is 25.1 Å². The minimum Gasteiger partial charge on any atom is -0.485 e. The number of urea groups is 2. The molecule has 218 valence electrons. The van der Waals surface area contributed by atoms with Gasteiger partial charge in [-0.3, -0.25) is 4.79 Å². The molecule has 0 unspecified atom stereocenters. The number of aromatic nitrogens is 1. The molecule has 3 aromatic rings. The highest BCUT2D eigenvalue weighted by atomic mass is 16.5. The number of anilines is 3. The minimum absolute atomic E-state index is 0.176. The van der Waals surface area contributed by atoms with Crippen molar-refractivity contribution in [3.63, 3.8) is 0 Å². The summed E-state index contributed by atoms with van der Waals surface area (Å²) in [5, 5.41) is 22.1. The van der Waals surface area contributed by atoms with Crippen molar-refractivity contribution in [2.24, 2.45) is 5.92 Å². The van der Waals surface area contributed by atoms with Crippen LogP contribution in [-0.4, -0.2) is 76.9 Å². The molecular weight excluding hydrogens is 528 g/mol. The molecule has 2 heterocycles. The summed E-state index contributed by atoms with van der Waals surface area (Å²) < 4.78 is 11.6.